The summed E-state index contributed by atoms with van der Waals surface area (Å²) in [4.78, 5) is 25.9. The normalized spacial score (nSPS) is 24.7. The van der Waals surface area contributed by atoms with Crippen LogP contribution in [0.3, 0.4) is 0 Å². The van der Waals surface area contributed by atoms with Crippen LogP contribution >= 0.6 is 0 Å². The number of aliphatic hydroxyl groups is 1. The number of nitrogens with two attached hydrogens (primary N) is 1. The van der Waals surface area contributed by atoms with E-state index in [0.29, 0.717) is 17.8 Å². The van der Waals surface area contributed by atoms with Gasteiger partial charge in [-0.3, -0.25) is 9.78 Å². The molecule has 2 aliphatic rings. The van der Waals surface area contributed by atoms with Crippen LogP contribution in [0.2, 0.25) is 0 Å². The van der Waals surface area contributed by atoms with Gasteiger partial charge in [-0.1, -0.05) is 36.8 Å². The average molecular weight is 431 g/mol. The highest BCUT2D eigenvalue weighted by atomic mass is 16.5. The summed E-state index contributed by atoms with van der Waals surface area (Å²) < 4.78 is 6.30. The molecule has 1 aliphatic heterocycles. The van der Waals surface area contributed by atoms with Crippen molar-refractivity contribution in [2.75, 3.05) is 11.1 Å². The predicted molar refractivity (Wildman–Crippen MR) is 120 cm³/mol. The third-order valence-electron chi connectivity index (χ3n) is 6.33. The van der Waals surface area contributed by atoms with Gasteiger partial charge in [-0.2, -0.15) is 0 Å². The van der Waals surface area contributed by atoms with Crippen LogP contribution < -0.4 is 11.1 Å². The summed E-state index contributed by atoms with van der Waals surface area (Å²) in [5, 5.41) is 13.5. The van der Waals surface area contributed by atoms with Crippen LogP contribution in [0.15, 0.2) is 55.0 Å². The maximum absolute atomic E-state index is 13.1. The number of hydrogen-bond acceptors (Lipinski definition) is 7. The van der Waals surface area contributed by atoms with E-state index in [1.54, 1.807) is 18.6 Å². The fourth-order valence-corrected chi connectivity index (χ4v) is 4.71. The summed E-state index contributed by atoms with van der Waals surface area (Å²) in [5.74, 6) is -0.232. The summed E-state index contributed by atoms with van der Waals surface area (Å²) in [6, 6.07) is 11.3. The molecule has 0 radical (unpaired) electrons. The number of hydrogen-bond donors (Lipinski definition) is 3. The number of nitrogens with one attached hydrogen (secondary N) is 1. The maximum atomic E-state index is 13.1. The van der Waals surface area contributed by atoms with E-state index >= 15 is 0 Å². The zero-order valence-corrected chi connectivity index (χ0v) is 17.5. The Hall–Kier alpha value is -3.36. The quantitative estimate of drug-likeness (QED) is 0.579. The Morgan fingerprint density at radius 1 is 1.16 bits per heavy atom. The summed E-state index contributed by atoms with van der Waals surface area (Å²) in [6.07, 6.45) is 7.59. The van der Waals surface area contributed by atoms with Gasteiger partial charge in [-0.25, -0.2) is 9.97 Å². The monoisotopic (exact) mass is 431 g/mol. The smallest absolute Gasteiger partial charge is 0.278 e. The molecule has 8 heteroatoms. The highest BCUT2D eigenvalue weighted by molar-refractivity contribution is 6.06. The largest absolute Gasteiger partial charge is 0.393 e. The molecule has 0 bridgehead atoms. The van der Waals surface area contributed by atoms with Gasteiger partial charge < -0.3 is 20.9 Å². The van der Waals surface area contributed by atoms with E-state index in [2.05, 4.69) is 20.3 Å². The first-order valence-corrected chi connectivity index (χ1v) is 10.9. The number of carbonyl (C=O) groups excluding carboxylic acids is 1. The number of amides is 1. The molecule has 0 unspecified atom stereocenters. The lowest BCUT2D eigenvalue weighted by atomic mass is 9.88. The van der Waals surface area contributed by atoms with Crippen LogP contribution in [-0.2, 0) is 4.74 Å². The number of carbonyl (C=O) groups is 1. The summed E-state index contributed by atoms with van der Waals surface area (Å²) in [5.41, 5.74) is 8.70. The minimum Gasteiger partial charge on any atom is -0.393 e. The van der Waals surface area contributed by atoms with E-state index in [1.807, 2.05) is 36.4 Å². The van der Waals surface area contributed by atoms with Gasteiger partial charge in [0, 0.05) is 29.7 Å². The first kappa shape index (κ1) is 20.5. The number of anilines is 2. The van der Waals surface area contributed by atoms with Gasteiger partial charge in [0.1, 0.15) is 0 Å². The molecule has 8 nitrogen and oxygen atoms in total. The Bertz CT molecular complexity index is 1120. The molecule has 1 amide bonds. The highest BCUT2D eigenvalue weighted by Gasteiger charge is 2.41. The molecule has 0 spiro atoms. The molecule has 2 aromatic heterocycles. The lowest BCUT2D eigenvalue weighted by Crippen LogP contribution is -2.38. The van der Waals surface area contributed by atoms with Crippen molar-refractivity contribution in [3.63, 3.8) is 0 Å². The topological polar surface area (TPSA) is 123 Å². The van der Waals surface area contributed by atoms with Crippen LogP contribution in [0, 0.1) is 5.92 Å². The second kappa shape index (κ2) is 8.64. The van der Waals surface area contributed by atoms with Gasteiger partial charge in [-0.05, 0) is 18.9 Å². The minimum absolute atomic E-state index is 0.0432. The Kier molecular flexibility index (Phi) is 5.55. The zero-order chi connectivity index (χ0) is 22.1. The number of benzene rings is 1. The van der Waals surface area contributed by atoms with E-state index < -0.39 is 12.0 Å². The van der Waals surface area contributed by atoms with Crippen LogP contribution in [0.5, 0.6) is 0 Å². The molecule has 1 saturated carbocycles. The van der Waals surface area contributed by atoms with Gasteiger partial charge >= 0.3 is 0 Å². The molecule has 1 aromatic carbocycles. The van der Waals surface area contributed by atoms with E-state index in [0.717, 1.165) is 30.4 Å². The Balaban J connectivity index is 1.40. The molecule has 5 rings (SSSR count). The highest BCUT2D eigenvalue weighted by Crippen LogP contribution is 2.43. The molecule has 164 valence electrons. The molecule has 3 heterocycles. The van der Waals surface area contributed by atoms with Crippen molar-refractivity contribution in [3.8, 4) is 11.3 Å². The fraction of sp³-hybridized carbons (Fsp3) is 0.333. The molecule has 1 aliphatic carbocycles. The van der Waals surface area contributed by atoms with Crippen molar-refractivity contribution in [1.82, 2.24) is 15.0 Å². The van der Waals surface area contributed by atoms with Gasteiger partial charge in [0.15, 0.2) is 11.5 Å². The number of aromatic nitrogens is 3. The average Bonchev–Trinajstić information content (AvgIpc) is 3.30. The number of fused-ring (bicyclic) bond motifs is 1. The molecule has 3 aromatic rings. The van der Waals surface area contributed by atoms with Gasteiger partial charge in [0.25, 0.3) is 5.91 Å². The molecular formula is C24H25N5O3. The number of rotatable bonds is 4. The molecule has 1 saturated heterocycles. The first-order valence-electron chi connectivity index (χ1n) is 10.9. The van der Waals surface area contributed by atoms with Crippen LogP contribution in [0.1, 0.15) is 47.8 Å². The molecular weight excluding hydrogens is 406 g/mol. The molecule has 32 heavy (non-hydrogen) atoms. The van der Waals surface area contributed by atoms with Crippen molar-refractivity contribution in [2.24, 2.45) is 5.92 Å². The standard InChI is InChI=1S/C24H25N5O3/c25-23-22(28-17(13-27-23)14-5-2-1-3-6-14)24(31)29-18-12-26-10-9-15(18)21-11-19(30)16-7-4-8-20(16)32-21/h1-3,5-6,9-10,12-13,16,19-21,30H,4,7-8,11H2,(H2,25,27)(H,29,31)/t16-,19-,20-,21-/m1/s1. The Morgan fingerprint density at radius 2 is 2.00 bits per heavy atom. The Labute approximate surface area is 185 Å². The second-order valence-electron chi connectivity index (χ2n) is 8.33. The maximum Gasteiger partial charge on any atom is 0.278 e. The summed E-state index contributed by atoms with van der Waals surface area (Å²) in [6.45, 7) is 0. The number of ether oxygens (including phenoxy) is 1. The van der Waals surface area contributed by atoms with Crippen molar-refractivity contribution < 1.29 is 14.6 Å². The van der Waals surface area contributed by atoms with Gasteiger partial charge in [0.05, 0.1) is 42.1 Å². The first-order chi connectivity index (χ1) is 15.6. The Morgan fingerprint density at radius 3 is 2.84 bits per heavy atom. The van der Waals surface area contributed by atoms with Crippen LogP contribution in [-0.4, -0.2) is 38.2 Å². The van der Waals surface area contributed by atoms with Gasteiger partial charge in [-0.15, -0.1) is 0 Å². The SMILES string of the molecule is Nc1ncc(-c2ccccc2)nc1C(=O)Nc1cnccc1[C@H]1C[C@@H](O)[C@H]2CCC[C@H]2O1. The summed E-state index contributed by atoms with van der Waals surface area (Å²) >= 11 is 0. The van der Waals surface area contributed by atoms with Crippen molar-refractivity contribution >= 4 is 17.4 Å². The van der Waals surface area contributed by atoms with Crippen LogP contribution in [0.4, 0.5) is 11.5 Å². The second-order valence-corrected chi connectivity index (χ2v) is 8.33. The van der Waals surface area contributed by atoms with Crippen molar-refractivity contribution in [1.29, 1.82) is 0 Å². The van der Waals surface area contributed by atoms with Crippen LogP contribution in [0.25, 0.3) is 11.3 Å². The van der Waals surface area contributed by atoms with E-state index in [-0.39, 0.29) is 29.6 Å². The molecule has 4 N–H and O–H groups in total. The third-order valence-corrected chi connectivity index (χ3v) is 6.33. The molecule has 4 atom stereocenters. The predicted octanol–water partition coefficient (Wildman–Crippen LogP) is 3.36. The number of nitrogen functional groups attached to an aromatic ring is 1. The molecule has 2 fully saturated rings. The van der Waals surface area contributed by atoms with E-state index in [4.69, 9.17) is 10.5 Å². The van der Waals surface area contributed by atoms with Crippen molar-refractivity contribution in [2.45, 2.75) is 44.0 Å². The van der Waals surface area contributed by atoms with E-state index in [9.17, 15) is 9.90 Å². The fourth-order valence-electron chi connectivity index (χ4n) is 4.71. The van der Waals surface area contributed by atoms with E-state index in [1.165, 1.54) is 0 Å². The zero-order valence-electron chi connectivity index (χ0n) is 17.5. The minimum atomic E-state index is -0.475. The number of nitrogens with zero attached hydrogens (tertiary/aromatic N) is 3. The van der Waals surface area contributed by atoms with Gasteiger partial charge in [0.2, 0.25) is 0 Å². The number of aliphatic hydroxyl groups excluding tert-OH is 1. The lowest BCUT2D eigenvalue weighted by molar-refractivity contribution is -0.125. The van der Waals surface area contributed by atoms with Crippen molar-refractivity contribution in [3.05, 3.63) is 66.2 Å². The third kappa shape index (κ3) is 3.94. The number of pyridine rings is 1. The lowest BCUT2D eigenvalue weighted by Gasteiger charge is -2.37. The summed E-state index contributed by atoms with van der Waals surface area (Å²) in [7, 11) is 0.